The van der Waals surface area contributed by atoms with Crippen molar-refractivity contribution in [2.45, 2.75) is 6.61 Å². The smallest absolute Gasteiger partial charge is 0.262 e. The van der Waals surface area contributed by atoms with Gasteiger partial charge in [0.25, 0.3) is 5.56 Å². The lowest BCUT2D eigenvalue weighted by molar-refractivity contribution is 0.294. The quantitative estimate of drug-likeness (QED) is 0.222. The Hall–Kier alpha value is -5.28. The molecule has 40 heavy (non-hydrogen) atoms. The number of nitrogens with zero attached hydrogens (tertiary/aromatic N) is 3. The van der Waals surface area contributed by atoms with E-state index in [0.29, 0.717) is 40.9 Å². The fourth-order valence-electron chi connectivity index (χ4n) is 4.25. The van der Waals surface area contributed by atoms with Gasteiger partial charge in [-0.3, -0.25) is 19.3 Å². The van der Waals surface area contributed by atoms with Gasteiger partial charge in [-0.2, -0.15) is 0 Å². The molecule has 1 aliphatic rings. The second-order valence-corrected chi connectivity index (χ2v) is 9.30. The predicted molar refractivity (Wildman–Crippen MR) is 156 cm³/mol. The van der Waals surface area contributed by atoms with E-state index in [0.717, 1.165) is 11.1 Å². The molecule has 2 aromatic heterocycles. The van der Waals surface area contributed by atoms with E-state index in [1.165, 1.54) is 4.57 Å². The summed E-state index contributed by atoms with van der Waals surface area (Å²) in [6, 6.07) is 28.0. The van der Waals surface area contributed by atoms with E-state index in [-0.39, 0.29) is 16.2 Å². The molecule has 2 N–H and O–H groups in total. The number of allylic oxidation sites excluding steroid dienone is 1. The van der Waals surface area contributed by atoms with Crippen LogP contribution in [0, 0.1) is 4.77 Å². The third-order valence-electron chi connectivity index (χ3n) is 6.24. The molecule has 0 radical (unpaired) electrons. The third-order valence-corrected chi connectivity index (χ3v) is 6.52. The van der Waals surface area contributed by atoms with Crippen molar-refractivity contribution in [3.05, 3.63) is 129 Å². The van der Waals surface area contributed by atoms with Gasteiger partial charge in [-0.05, 0) is 60.3 Å². The lowest BCUT2D eigenvalue weighted by atomic mass is 10.1. The van der Waals surface area contributed by atoms with E-state index < -0.39 is 5.56 Å². The number of ether oxygens (including phenoxy) is 2. The number of aromatic amines is 1. The number of aromatic nitrogens is 3. The summed E-state index contributed by atoms with van der Waals surface area (Å²) in [5.74, 6) is 1.45. The Labute approximate surface area is 234 Å². The molecule has 0 saturated heterocycles. The van der Waals surface area contributed by atoms with Crippen molar-refractivity contribution in [1.82, 2.24) is 14.5 Å². The van der Waals surface area contributed by atoms with E-state index >= 15 is 0 Å². The number of aliphatic imine (C=N–C) groups is 1. The Morgan fingerprint density at radius 3 is 2.40 bits per heavy atom. The van der Waals surface area contributed by atoms with Crippen LogP contribution in [-0.4, -0.2) is 25.9 Å². The third kappa shape index (κ3) is 5.18. The maximum Gasteiger partial charge on any atom is 0.262 e. The SMILES string of the molecule is O=c1[nH]c(=S)n(-c2ccc(Oc3ccccc3)cc2)c(O)c1C=C1C=Nc2cnc(OCc3ccccc3)cc21. The minimum absolute atomic E-state index is 0.0380. The lowest BCUT2D eigenvalue weighted by Gasteiger charge is -2.13. The van der Waals surface area contributed by atoms with Crippen molar-refractivity contribution < 1.29 is 14.6 Å². The number of aromatic hydroxyl groups is 1. The van der Waals surface area contributed by atoms with E-state index in [4.69, 9.17) is 21.7 Å². The van der Waals surface area contributed by atoms with Crippen LogP contribution in [-0.2, 0) is 6.61 Å². The summed E-state index contributed by atoms with van der Waals surface area (Å²) in [6.45, 7) is 0.364. The number of fused-ring (bicyclic) bond motifs is 1. The first-order valence-corrected chi connectivity index (χ1v) is 12.8. The van der Waals surface area contributed by atoms with Gasteiger partial charge in [0.2, 0.25) is 11.8 Å². The van der Waals surface area contributed by atoms with Gasteiger partial charge in [-0.15, -0.1) is 0 Å². The maximum absolute atomic E-state index is 12.9. The molecule has 8 nitrogen and oxygen atoms in total. The van der Waals surface area contributed by atoms with Gasteiger partial charge in [-0.1, -0.05) is 48.5 Å². The van der Waals surface area contributed by atoms with Crippen LogP contribution in [0.5, 0.6) is 23.3 Å². The fourth-order valence-corrected chi connectivity index (χ4v) is 4.53. The van der Waals surface area contributed by atoms with Crippen LogP contribution in [0.2, 0.25) is 0 Å². The zero-order valence-electron chi connectivity index (χ0n) is 21.0. The zero-order chi connectivity index (χ0) is 27.5. The first-order chi connectivity index (χ1) is 19.5. The molecule has 0 unspecified atom stereocenters. The van der Waals surface area contributed by atoms with Gasteiger partial charge in [0.05, 0.1) is 17.6 Å². The molecule has 0 aliphatic carbocycles. The van der Waals surface area contributed by atoms with Crippen LogP contribution in [0.15, 0.2) is 107 Å². The number of pyridine rings is 1. The summed E-state index contributed by atoms with van der Waals surface area (Å²) in [5, 5.41) is 11.2. The van der Waals surface area contributed by atoms with Crippen LogP contribution in [0.1, 0.15) is 16.7 Å². The molecule has 0 bridgehead atoms. The zero-order valence-corrected chi connectivity index (χ0v) is 21.8. The van der Waals surface area contributed by atoms with Gasteiger partial charge >= 0.3 is 0 Å². The fraction of sp³-hybridized carbons (Fsp3) is 0.0323. The van der Waals surface area contributed by atoms with Crippen LogP contribution in [0.3, 0.4) is 0 Å². The van der Waals surface area contributed by atoms with Gasteiger partial charge in [-0.25, -0.2) is 4.98 Å². The standard InChI is InChI=1S/C31H22N4O4S/c36-29-26(15-21-17-32-27-18-33-28(16-25(21)27)38-19-20-7-3-1-4-8-20)30(37)35(31(40)34-29)22-11-13-24(14-12-22)39-23-9-5-2-6-10-23/h1-18,37H,19H2,(H,34,36,40). The summed E-state index contributed by atoms with van der Waals surface area (Å²) >= 11 is 5.38. The summed E-state index contributed by atoms with van der Waals surface area (Å²) in [4.78, 5) is 24.3. The molecule has 196 valence electrons. The molecule has 3 heterocycles. The largest absolute Gasteiger partial charge is 0.494 e. The molecule has 3 aromatic carbocycles. The molecule has 0 atom stereocenters. The Kier molecular flexibility index (Phi) is 6.78. The Morgan fingerprint density at radius 2 is 1.65 bits per heavy atom. The molecule has 5 aromatic rings. The van der Waals surface area contributed by atoms with E-state index in [9.17, 15) is 9.90 Å². The molecule has 6 rings (SSSR count). The van der Waals surface area contributed by atoms with Crippen LogP contribution in [0.4, 0.5) is 5.69 Å². The maximum atomic E-state index is 12.9. The first kappa shape index (κ1) is 25.0. The highest BCUT2D eigenvalue weighted by molar-refractivity contribution is 7.71. The number of benzene rings is 3. The molecule has 0 saturated carbocycles. The number of para-hydroxylation sites is 1. The number of H-pyrrole nitrogens is 1. The summed E-state index contributed by atoms with van der Waals surface area (Å²) in [5.41, 5.74) is 3.08. The van der Waals surface area contributed by atoms with Crippen molar-refractivity contribution in [3.8, 4) is 28.9 Å². The molecule has 9 heteroatoms. The minimum atomic E-state index is -0.522. The molecular formula is C31H22N4O4S. The van der Waals surface area contributed by atoms with Crippen molar-refractivity contribution >= 4 is 35.8 Å². The molecule has 0 spiro atoms. The molecule has 1 aliphatic heterocycles. The van der Waals surface area contributed by atoms with Gasteiger partial charge in [0.15, 0.2) is 4.77 Å². The van der Waals surface area contributed by atoms with Crippen molar-refractivity contribution in [2.24, 2.45) is 4.99 Å². The highest BCUT2D eigenvalue weighted by atomic mass is 32.1. The summed E-state index contributed by atoms with van der Waals surface area (Å²) in [7, 11) is 0. The second-order valence-electron chi connectivity index (χ2n) is 8.91. The second kappa shape index (κ2) is 10.8. The van der Waals surface area contributed by atoms with Gasteiger partial charge < -0.3 is 14.6 Å². The van der Waals surface area contributed by atoms with Crippen molar-refractivity contribution in [3.63, 3.8) is 0 Å². The summed E-state index contributed by atoms with van der Waals surface area (Å²) in [6.07, 6.45) is 4.80. The van der Waals surface area contributed by atoms with Crippen LogP contribution in [0.25, 0.3) is 17.3 Å². The Balaban J connectivity index is 1.30. The predicted octanol–water partition coefficient (Wildman–Crippen LogP) is 6.62. The Bertz CT molecular complexity index is 1860. The normalized spacial score (nSPS) is 12.8. The number of hydrogen-bond donors (Lipinski definition) is 2. The van der Waals surface area contributed by atoms with E-state index in [2.05, 4.69) is 15.0 Å². The van der Waals surface area contributed by atoms with E-state index in [1.54, 1.807) is 48.8 Å². The molecule has 0 amide bonds. The topological polar surface area (TPSA) is 102 Å². The van der Waals surface area contributed by atoms with E-state index in [1.807, 2.05) is 60.7 Å². The van der Waals surface area contributed by atoms with Crippen LogP contribution >= 0.6 is 12.2 Å². The summed E-state index contributed by atoms with van der Waals surface area (Å²) < 4.78 is 13.2. The number of hydrogen-bond acceptors (Lipinski definition) is 7. The van der Waals surface area contributed by atoms with Crippen molar-refractivity contribution in [2.75, 3.05) is 0 Å². The molecule has 0 fully saturated rings. The van der Waals surface area contributed by atoms with Crippen LogP contribution < -0.4 is 15.0 Å². The Morgan fingerprint density at radius 1 is 0.950 bits per heavy atom. The monoisotopic (exact) mass is 546 g/mol. The first-order valence-electron chi connectivity index (χ1n) is 12.4. The van der Waals surface area contributed by atoms with Crippen molar-refractivity contribution in [1.29, 1.82) is 0 Å². The van der Waals surface area contributed by atoms with Gasteiger partial charge in [0, 0.05) is 23.4 Å². The lowest BCUT2D eigenvalue weighted by Crippen LogP contribution is -2.16. The number of nitrogens with one attached hydrogen (secondary N) is 1. The average molecular weight is 547 g/mol. The average Bonchev–Trinajstić information content (AvgIpc) is 3.38. The number of rotatable bonds is 7. The molecular weight excluding hydrogens is 524 g/mol. The minimum Gasteiger partial charge on any atom is -0.494 e. The highest BCUT2D eigenvalue weighted by Crippen LogP contribution is 2.35. The van der Waals surface area contributed by atoms with Gasteiger partial charge in [0.1, 0.15) is 23.7 Å². The highest BCUT2D eigenvalue weighted by Gasteiger charge is 2.18.